The molecule has 0 unspecified atom stereocenters. The molecule has 2 rings (SSSR count). The predicted octanol–water partition coefficient (Wildman–Crippen LogP) is 2.39. The summed E-state index contributed by atoms with van der Waals surface area (Å²) in [4.78, 5) is 13.9. The van der Waals surface area contributed by atoms with Crippen molar-refractivity contribution in [3.63, 3.8) is 0 Å². The van der Waals surface area contributed by atoms with Crippen molar-refractivity contribution in [2.45, 2.75) is 19.3 Å². The first kappa shape index (κ1) is 14.6. The van der Waals surface area contributed by atoms with Crippen LogP contribution in [-0.2, 0) is 4.79 Å². The maximum atomic E-state index is 12.2. The molecule has 1 aliphatic heterocycles. The molecule has 0 aromatic heterocycles. The molecule has 5 nitrogen and oxygen atoms in total. The monoisotopic (exact) mass is 280 g/mol. The highest BCUT2D eigenvalue weighted by molar-refractivity contribution is 5.97. The van der Waals surface area contributed by atoms with E-state index < -0.39 is 0 Å². The molecule has 21 heavy (non-hydrogen) atoms. The van der Waals surface area contributed by atoms with Gasteiger partial charge in [0.15, 0.2) is 0 Å². The molecule has 1 amide bonds. The molecule has 0 atom stereocenters. The Labute approximate surface area is 124 Å². The van der Waals surface area contributed by atoms with E-state index in [1.165, 1.54) is 6.20 Å². The summed E-state index contributed by atoms with van der Waals surface area (Å²) in [6, 6.07) is 10.8. The summed E-state index contributed by atoms with van der Waals surface area (Å²) >= 11 is 0. The maximum absolute atomic E-state index is 12.2. The number of anilines is 1. The van der Waals surface area contributed by atoms with Gasteiger partial charge in [0.2, 0.25) is 0 Å². The molecular weight excluding hydrogens is 264 g/mol. The van der Waals surface area contributed by atoms with Crippen molar-refractivity contribution in [3.05, 3.63) is 41.6 Å². The quantitative estimate of drug-likeness (QED) is 0.681. The van der Waals surface area contributed by atoms with Gasteiger partial charge in [-0.2, -0.15) is 10.5 Å². The Morgan fingerprint density at radius 2 is 1.81 bits per heavy atom. The number of amides is 1. The Bertz CT molecular complexity index is 613. The summed E-state index contributed by atoms with van der Waals surface area (Å²) in [5, 5.41) is 20.8. The standard InChI is InChI=1S/C16H16N4O/c17-10-13-4-6-15(7-5-13)19-12-14(11-18)16(21)20-8-2-1-3-9-20/h4-7,12,19H,1-3,8-9H2/b14-12-. The van der Waals surface area contributed by atoms with Gasteiger partial charge in [-0.05, 0) is 43.5 Å². The first-order valence-corrected chi connectivity index (χ1v) is 6.91. The van der Waals surface area contributed by atoms with Gasteiger partial charge in [-0.15, -0.1) is 0 Å². The van der Waals surface area contributed by atoms with Crippen LogP contribution in [0.1, 0.15) is 24.8 Å². The highest BCUT2D eigenvalue weighted by Gasteiger charge is 2.19. The number of carbonyl (C=O) groups is 1. The normalized spacial score (nSPS) is 15.0. The molecule has 1 N–H and O–H groups in total. The van der Waals surface area contributed by atoms with Crippen LogP contribution in [0.4, 0.5) is 5.69 Å². The third-order valence-corrected chi connectivity index (χ3v) is 3.39. The van der Waals surface area contributed by atoms with Crippen molar-refractivity contribution in [3.8, 4) is 12.1 Å². The number of piperidine rings is 1. The second kappa shape index (κ2) is 7.12. The fourth-order valence-corrected chi connectivity index (χ4v) is 2.21. The van der Waals surface area contributed by atoms with Gasteiger partial charge in [-0.25, -0.2) is 0 Å². The van der Waals surface area contributed by atoms with Crippen LogP contribution in [0.15, 0.2) is 36.0 Å². The molecule has 0 aliphatic carbocycles. The van der Waals surface area contributed by atoms with Crippen molar-refractivity contribution in [1.82, 2.24) is 4.90 Å². The number of nitriles is 2. The molecule has 1 aliphatic rings. The number of nitrogens with zero attached hydrogens (tertiary/aromatic N) is 3. The van der Waals surface area contributed by atoms with E-state index in [0.717, 1.165) is 24.9 Å². The Balaban J connectivity index is 2.04. The number of rotatable bonds is 3. The number of hydrogen-bond donors (Lipinski definition) is 1. The van der Waals surface area contributed by atoms with Crippen LogP contribution < -0.4 is 5.32 Å². The molecule has 1 fully saturated rings. The van der Waals surface area contributed by atoms with Crippen LogP contribution in [0, 0.1) is 22.7 Å². The molecule has 1 aromatic carbocycles. The number of likely N-dealkylation sites (tertiary alicyclic amines) is 1. The first-order valence-electron chi connectivity index (χ1n) is 6.91. The van der Waals surface area contributed by atoms with Gasteiger partial charge in [0.05, 0.1) is 11.6 Å². The van der Waals surface area contributed by atoms with Gasteiger partial charge in [0, 0.05) is 25.0 Å². The minimum Gasteiger partial charge on any atom is -0.360 e. The van der Waals surface area contributed by atoms with Crippen molar-refractivity contribution in [1.29, 1.82) is 10.5 Å². The molecule has 1 aromatic rings. The van der Waals surface area contributed by atoms with Gasteiger partial charge >= 0.3 is 0 Å². The lowest BCUT2D eigenvalue weighted by Gasteiger charge is -2.26. The van der Waals surface area contributed by atoms with Crippen molar-refractivity contribution >= 4 is 11.6 Å². The largest absolute Gasteiger partial charge is 0.360 e. The van der Waals surface area contributed by atoms with E-state index in [2.05, 4.69) is 5.32 Å². The van der Waals surface area contributed by atoms with Gasteiger partial charge in [0.1, 0.15) is 11.6 Å². The van der Waals surface area contributed by atoms with Crippen molar-refractivity contribution in [2.24, 2.45) is 0 Å². The molecule has 0 spiro atoms. The number of benzene rings is 1. The minimum atomic E-state index is -0.224. The molecule has 1 heterocycles. The molecule has 1 saturated heterocycles. The van der Waals surface area contributed by atoms with Gasteiger partial charge in [-0.1, -0.05) is 0 Å². The number of carbonyl (C=O) groups excluding carboxylic acids is 1. The summed E-state index contributed by atoms with van der Waals surface area (Å²) in [5.74, 6) is -0.224. The second-order valence-electron chi connectivity index (χ2n) is 4.86. The average molecular weight is 280 g/mol. The van der Waals surface area contributed by atoms with E-state index in [9.17, 15) is 4.79 Å². The lowest BCUT2D eigenvalue weighted by Crippen LogP contribution is -2.36. The smallest absolute Gasteiger partial charge is 0.266 e. The van der Waals surface area contributed by atoms with E-state index in [0.29, 0.717) is 18.7 Å². The molecule has 106 valence electrons. The van der Waals surface area contributed by atoms with E-state index in [1.54, 1.807) is 29.2 Å². The van der Waals surface area contributed by atoms with Crippen LogP contribution in [0.3, 0.4) is 0 Å². The lowest BCUT2D eigenvalue weighted by atomic mass is 10.1. The van der Waals surface area contributed by atoms with Gasteiger partial charge in [-0.3, -0.25) is 4.79 Å². The average Bonchev–Trinajstić information content (AvgIpc) is 2.56. The fourth-order valence-electron chi connectivity index (χ4n) is 2.21. The Morgan fingerprint density at radius 3 is 2.38 bits per heavy atom. The Kier molecular flexibility index (Phi) is 4.95. The van der Waals surface area contributed by atoms with Gasteiger partial charge < -0.3 is 10.2 Å². The second-order valence-corrected chi connectivity index (χ2v) is 4.86. The van der Waals surface area contributed by atoms with Gasteiger partial charge in [0.25, 0.3) is 5.91 Å². The Morgan fingerprint density at radius 1 is 1.14 bits per heavy atom. The van der Waals surface area contributed by atoms with Crippen molar-refractivity contribution < 1.29 is 4.79 Å². The zero-order chi connectivity index (χ0) is 15.1. The van der Waals surface area contributed by atoms with E-state index in [-0.39, 0.29) is 11.5 Å². The molecule has 0 saturated carbocycles. The molecular formula is C16H16N4O. The van der Waals surface area contributed by atoms with E-state index in [4.69, 9.17) is 10.5 Å². The molecule has 5 heteroatoms. The van der Waals surface area contributed by atoms with Crippen LogP contribution in [0.2, 0.25) is 0 Å². The topological polar surface area (TPSA) is 79.9 Å². The number of nitrogens with one attached hydrogen (secondary N) is 1. The van der Waals surface area contributed by atoms with E-state index in [1.807, 2.05) is 12.1 Å². The Hall–Kier alpha value is -2.79. The van der Waals surface area contributed by atoms with Crippen LogP contribution >= 0.6 is 0 Å². The van der Waals surface area contributed by atoms with Crippen LogP contribution in [0.5, 0.6) is 0 Å². The predicted molar refractivity (Wildman–Crippen MR) is 78.9 cm³/mol. The zero-order valence-electron chi connectivity index (χ0n) is 11.7. The maximum Gasteiger partial charge on any atom is 0.266 e. The highest BCUT2D eigenvalue weighted by Crippen LogP contribution is 2.13. The summed E-state index contributed by atoms with van der Waals surface area (Å²) < 4.78 is 0. The van der Waals surface area contributed by atoms with E-state index >= 15 is 0 Å². The first-order chi connectivity index (χ1) is 10.2. The number of hydrogen-bond acceptors (Lipinski definition) is 4. The van der Waals surface area contributed by atoms with Crippen molar-refractivity contribution in [2.75, 3.05) is 18.4 Å². The molecule has 0 radical (unpaired) electrons. The SMILES string of the molecule is N#C/C(=C/Nc1ccc(C#N)cc1)C(=O)N1CCCCC1. The minimum absolute atomic E-state index is 0.0984. The third kappa shape index (κ3) is 3.84. The summed E-state index contributed by atoms with van der Waals surface area (Å²) in [7, 11) is 0. The fraction of sp³-hybridized carbons (Fsp3) is 0.312. The lowest BCUT2D eigenvalue weighted by molar-refractivity contribution is -0.127. The third-order valence-electron chi connectivity index (χ3n) is 3.39. The summed E-state index contributed by atoms with van der Waals surface area (Å²) in [6.07, 6.45) is 4.55. The highest BCUT2D eigenvalue weighted by atomic mass is 16.2. The van der Waals surface area contributed by atoms with Crippen LogP contribution in [-0.4, -0.2) is 23.9 Å². The summed E-state index contributed by atoms with van der Waals surface area (Å²) in [5.41, 5.74) is 1.39. The zero-order valence-corrected chi connectivity index (χ0v) is 11.7. The summed E-state index contributed by atoms with van der Waals surface area (Å²) in [6.45, 7) is 1.43. The molecule has 0 bridgehead atoms. The van der Waals surface area contributed by atoms with Crippen LogP contribution in [0.25, 0.3) is 0 Å².